The van der Waals surface area contributed by atoms with Crippen molar-refractivity contribution in [1.29, 1.82) is 0 Å². The first-order chi connectivity index (χ1) is 15.6. The van der Waals surface area contributed by atoms with Crippen LogP contribution in [0.3, 0.4) is 0 Å². The number of hydrogen-bond donors (Lipinski definition) is 1. The van der Waals surface area contributed by atoms with Crippen molar-refractivity contribution in [3.8, 4) is 5.75 Å². The first-order valence-corrected chi connectivity index (χ1v) is 13.0. The van der Waals surface area contributed by atoms with Gasteiger partial charge in [0.1, 0.15) is 11.3 Å². The van der Waals surface area contributed by atoms with E-state index in [1.54, 1.807) is 18.4 Å². The Labute approximate surface area is 196 Å². The molecule has 0 unspecified atom stereocenters. The molecule has 0 spiro atoms. The molecule has 0 aliphatic rings. The summed E-state index contributed by atoms with van der Waals surface area (Å²) in [6.07, 6.45) is 4.38. The third kappa shape index (κ3) is 4.51. The molecule has 0 fully saturated rings. The maximum Gasteiger partial charge on any atom is 0.250 e. The number of anilines is 1. The Hall–Kier alpha value is -3.17. The van der Waals surface area contributed by atoms with E-state index >= 15 is 0 Å². The first kappa shape index (κ1) is 23.0. The second kappa shape index (κ2) is 8.64. The third-order valence-corrected chi connectivity index (χ3v) is 7.36. The number of carbonyl (C=O) groups excluding carboxylic acids is 1. The molecule has 0 bridgehead atoms. The SMILES string of the molecule is CCOc1c(/C(C)=C/C(=O)Nc2nc3ccc(S(C)(=O)=O)cc3s2)cc2c(C)coc2c1C. The number of thiazole rings is 1. The van der Waals surface area contributed by atoms with Gasteiger partial charge in [-0.2, -0.15) is 0 Å². The van der Waals surface area contributed by atoms with Crippen molar-refractivity contribution in [1.82, 2.24) is 4.98 Å². The van der Waals surface area contributed by atoms with Gasteiger partial charge < -0.3 is 9.15 Å². The van der Waals surface area contributed by atoms with E-state index in [0.29, 0.717) is 27.7 Å². The minimum atomic E-state index is -3.32. The van der Waals surface area contributed by atoms with Crippen molar-refractivity contribution in [2.24, 2.45) is 0 Å². The monoisotopic (exact) mass is 484 g/mol. The summed E-state index contributed by atoms with van der Waals surface area (Å²) in [4.78, 5) is 17.4. The van der Waals surface area contributed by atoms with E-state index < -0.39 is 9.84 Å². The van der Waals surface area contributed by atoms with Crippen LogP contribution >= 0.6 is 11.3 Å². The average Bonchev–Trinajstić information content (AvgIpc) is 3.31. The van der Waals surface area contributed by atoms with Gasteiger partial charge in [0, 0.05) is 28.8 Å². The Morgan fingerprint density at radius 3 is 2.73 bits per heavy atom. The molecule has 9 heteroatoms. The molecule has 4 aromatic rings. The Bertz CT molecular complexity index is 1530. The number of nitrogens with one attached hydrogen (secondary N) is 1. The summed E-state index contributed by atoms with van der Waals surface area (Å²) in [6.45, 7) is 8.17. The number of nitrogens with zero attached hydrogens (tertiary/aromatic N) is 1. The van der Waals surface area contributed by atoms with Gasteiger partial charge in [-0.15, -0.1) is 0 Å². The molecule has 0 aliphatic heterocycles. The molecule has 1 amide bonds. The summed E-state index contributed by atoms with van der Waals surface area (Å²) in [7, 11) is -3.32. The van der Waals surface area contributed by atoms with Crippen molar-refractivity contribution in [2.45, 2.75) is 32.6 Å². The number of hydrogen-bond acceptors (Lipinski definition) is 7. The van der Waals surface area contributed by atoms with Crippen molar-refractivity contribution >= 4 is 59.0 Å². The number of rotatable bonds is 6. The summed E-state index contributed by atoms with van der Waals surface area (Å²) < 4.78 is 35.9. The molecule has 33 heavy (non-hydrogen) atoms. The quantitative estimate of drug-likeness (QED) is 0.363. The van der Waals surface area contributed by atoms with Crippen molar-refractivity contribution in [2.75, 3.05) is 18.2 Å². The Kier molecular flexibility index (Phi) is 6.02. The van der Waals surface area contributed by atoms with Gasteiger partial charge in [0.05, 0.1) is 28.0 Å². The lowest BCUT2D eigenvalue weighted by atomic mass is 9.98. The third-order valence-electron chi connectivity index (χ3n) is 5.32. The summed E-state index contributed by atoms with van der Waals surface area (Å²) in [5.41, 5.74) is 4.86. The lowest BCUT2D eigenvalue weighted by molar-refractivity contribution is -0.111. The molecule has 0 saturated carbocycles. The van der Waals surface area contributed by atoms with Crippen LogP contribution in [0.5, 0.6) is 5.75 Å². The molecule has 172 valence electrons. The number of furan rings is 1. The Morgan fingerprint density at radius 1 is 1.27 bits per heavy atom. The highest BCUT2D eigenvalue weighted by Gasteiger charge is 2.18. The number of aromatic nitrogens is 1. The number of sulfone groups is 1. The predicted octanol–water partition coefficient (Wildman–Crippen LogP) is 5.50. The molecule has 7 nitrogen and oxygen atoms in total. The molecule has 2 aromatic carbocycles. The summed E-state index contributed by atoms with van der Waals surface area (Å²) in [6, 6.07) is 6.70. The lowest BCUT2D eigenvalue weighted by Crippen LogP contribution is -2.08. The zero-order chi connectivity index (χ0) is 23.9. The fourth-order valence-corrected chi connectivity index (χ4v) is 5.30. The largest absolute Gasteiger partial charge is 0.493 e. The first-order valence-electron chi connectivity index (χ1n) is 10.3. The van der Waals surface area contributed by atoms with Crippen LogP contribution in [0.1, 0.15) is 30.5 Å². The zero-order valence-corrected chi connectivity index (χ0v) is 20.6. The van der Waals surface area contributed by atoms with Crippen molar-refractivity contribution < 1.29 is 22.4 Å². The highest BCUT2D eigenvalue weighted by Crippen LogP contribution is 2.37. The second-order valence-corrected chi connectivity index (χ2v) is 10.9. The van der Waals surface area contributed by atoms with Crippen LogP contribution in [-0.4, -0.2) is 32.2 Å². The number of benzene rings is 2. The fourth-order valence-electron chi connectivity index (χ4n) is 3.67. The van der Waals surface area contributed by atoms with Crippen LogP contribution in [0.2, 0.25) is 0 Å². The topological polar surface area (TPSA) is 98.5 Å². The van der Waals surface area contributed by atoms with Crippen LogP contribution in [0.15, 0.2) is 45.9 Å². The zero-order valence-electron chi connectivity index (χ0n) is 19.0. The molecule has 0 radical (unpaired) electrons. The van der Waals surface area contributed by atoms with Crippen LogP contribution in [0.25, 0.3) is 26.8 Å². The number of fused-ring (bicyclic) bond motifs is 2. The van der Waals surface area contributed by atoms with E-state index in [1.807, 2.05) is 33.8 Å². The van der Waals surface area contributed by atoms with Crippen LogP contribution in [-0.2, 0) is 14.6 Å². The van der Waals surface area contributed by atoms with E-state index in [-0.39, 0.29) is 10.8 Å². The van der Waals surface area contributed by atoms with Gasteiger partial charge in [0.15, 0.2) is 15.0 Å². The molecule has 2 heterocycles. The smallest absolute Gasteiger partial charge is 0.250 e. The predicted molar refractivity (Wildman–Crippen MR) is 132 cm³/mol. The minimum absolute atomic E-state index is 0.219. The fraction of sp³-hybridized carbons (Fsp3) is 0.250. The second-order valence-electron chi connectivity index (χ2n) is 7.84. The molecule has 0 atom stereocenters. The molecule has 1 N–H and O–H groups in total. The van der Waals surface area contributed by atoms with Gasteiger partial charge in [-0.25, -0.2) is 13.4 Å². The number of allylic oxidation sites excluding steroid dienone is 1. The summed E-state index contributed by atoms with van der Waals surface area (Å²) in [5.74, 6) is 0.355. The molecular weight excluding hydrogens is 460 g/mol. The molecule has 4 rings (SSSR count). The number of aryl methyl sites for hydroxylation is 2. The van der Waals surface area contributed by atoms with E-state index in [1.165, 1.54) is 23.5 Å². The summed E-state index contributed by atoms with van der Waals surface area (Å²) >= 11 is 1.22. The van der Waals surface area contributed by atoms with Gasteiger partial charge >= 0.3 is 0 Å². The van der Waals surface area contributed by atoms with Crippen LogP contribution < -0.4 is 10.1 Å². The summed E-state index contributed by atoms with van der Waals surface area (Å²) in [5, 5.41) is 4.16. The molecule has 2 aromatic heterocycles. The normalized spacial score (nSPS) is 12.5. The molecule has 0 saturated heterocycles. The van der Waals surface area contributed by atoms with E-state index in [9.17, 15) is 13.2 Å². The molecule has 0 aliphatic carbocycles. The molecular formula is C24H24N2O5S2. The van der Waals surface area contributed by atoms with Gasteiger partial charge in [-0.05, 0) is 63.1 Å². The van der Waals surface area contributed by atoms with Crippen LogP contribution in [0.4, 0.5) is 5.13 Å². The van der Waals surface area contributed by atoms with E-state index in [0.717, 1.165) is 39.5 Å². The average molecular weight is 485 g/mol. The maximum atomic E-state index is 12.8. The van der Waals surface area contributed by atoms with Gasteiger partial charge in [-0.3, -0.25) is 10.1 Å². The van der Waals surface area contributed by atoms with Crippen molar-refractivity contribution in [3.63, 3.8) is 0 Å². The standard InChI is InChI=1S/C24H24N2O5S2/c1-6-30-22-15(4)23-18(14(3)12-31-23)11-17(22)13(2)9-21(27)26-24-25-19-8-7-16(33(5,28)29)10-20(19)32-24/h7-12H,6H2,1-5H3,(H,25,26,27)/b13-9+. The van der Waals surface area contributed by atoms with Gasteiger partial charge in [0.25, 0.3) is 0 Å². The van der Waals surface area contributed by atoms with Crippen molar-refractivity contribution in [3.05, 3.63) is 53.3 Å². The lowest BCUT2D eigenvalue weighted by Gasteiger charge is -2.14. The van der Waals surface area contributed by atoms with Crippen LogP contribution in [0, 0.1) is 13.8 Å². The van der Waals surface area contributed by atoms with E-state index in [2.05, 4.69) is 10.3 Å². The Balaban J connectivity index is 1.65. The highest BCUT2D eigenvalue weighted by atomic mass is 32.2. The van der Waals surface area contributed by atoms with E-state index in [4.69, 9.17) is 9.15 Å². The Morgan fingerprint density at radius 2 is 2.03 bits per heavy atom. The van der Waals surface area contributed by atoms with Gasteiger partial charge in [-0.1, -0.05) is 11.3 Å². The van der Waals surface area contributed by atoms with Gasteiger partial charge in [0.2, 0.25) is 5.91 Å². The highest BCUT2D eigenvalue weighted by molar-refractivity contribution is 7.90. The number of carbonyl (C=O) groups is 1. The number of ether oxygens (including phenoxy) is 1. The minimum Gasteiger partial charge on any atom is -0.493 e. The number of amides is 1. The maximum absolute atomic E-state index is 12.8.